The highest BCUT2D eigenvalue weighted by Crippen LogP contribution is 2.16. The van der Waals surface area contributed by atoms with Gasteiger partial charge in [-0.25, -0.2) is 9.78 Å². The molecule has 0 saturated carbocycles. The van der Waals surface area contributed by atoms with Crippen LogP contribution in [-0.4, -0.2) is 34.5 Å². The monoisotopic (exact) mass is 286 g/mol. The molecule has 2 aromatic rings. The van der Waals surface area contributed by atoms with E-state index < -0.39 is 5.97 Å². The van der Waals surface area contributed by atoms with E-state index in [9.17, 15) is 4.79 Å². The first-order valence-electron chi connectivity index (χ1n) is 6.34. The van der Waals surface area contributed by atoms with E-state index in [2.05, 4.69) is 20.9 Å². The maximum absolute atomic E-state index is 11.2. The van der Waals surface area contributed by atoms with Crippen molar-refractivity contribution in [2.75, 3.05) is 13.7 Å². The number of carbonyl (C=O) groups excluding carboxylic acids is 1. The van der Waals surface area contributed by atoms with Gasteiger partial charge in [-0.3, -0.25) is 4.68 Å². The van der Waals surface area contributed by atoms with Gasteiger partial charge in [0.15, 0.2) is 0 Å². The molecule has 0 radical (unpaired) electrons. The summed E-state index contributed by atoms with van der Waals surface area (Å²) in [4.78, 5) is 15.0. The third-order valence-electron chi connectivity index (χ3n) is 2.70. The standard InChI is InChI=1S/C14H14N4O3/c1-20-14(19)13-16-10-18(17-13)7-4-8-21-12-6-3-2-5-11(12)9-15/h2-3,5-6,10H,4,7-8H2,1H3. The van der Waals surface area contributed by atoms with Crippen molar-refractivity contribution in [3.8, 4) is 11.8 Å². The number of hydrogen-bond donors (Lipinski definition) is 0. The molecule has 0 amide bonds. The first kappa shape index (κ1) is 14.5. The number of aromatic nitrogens is 3. The van der Waals surface area contributed by atoms with Crippen LogP contribution in [0.25, 0.3) is 0 Å². The molecule has 1 heterocycles. The summed E-state index contributed by atoms with van der Waals surface area (Å²) < 4.78 is 11.6. The van der Waals surface area contributed by atoms with Gasteiger partial charge in [0.1, 0.15) is 18.1 Å². The molecule has 108 valence electrons. The summed E-state index contributed by atoms with van der Waals surface area (Å²) in [5.41, 5.74) is 0.506. The number of para-hydroxylation sites is 1. The van der Waals surface area contributed by atoms with Crippen molar-refractivity contribution in [3.63, 3.8) is 0 Å². The van der Waals surface area contributed by atoms with Crippen molar-refractivity contribution in [3.05, 3.63) is 42.0 Å². The van der Waals surface area contributed by atoms with Gasteiger partial charge in [-0.15, -0.1) is 5.10 Å². The van der Waals surface area contributed by atoms with Gasteiger partial charge in [-0.05, 0) is 12.1 Å². The summed E-state index contributed by atoms with van der Waals surface area (Å²) in [6.45, 7) is 0.991. The Labute approximate surface area is 121 Å². The second-order valence-corrected chi connectivity index (χ2v) is 4.13. The zero-order chi connectivity index (χ0) is 15.1. The number of methoxy groups -OCH3 is 1. The zero-order valence-corrected chi connectivity index (χ0v) is 11.5. The molecule has 21 heavy (non-hydrogen) atoms. The molecule has 0 unspecified atom stereocenters. The second-order valence-electron chi connectivity index (χ2n) is 4.13. The third-order valence-corrected chi connectivity index (χ3v) is 2.70. The molecule has 0 atom stereocenters. The van der Waals surface area contributed by atoms with Crippen molar-refractivity contribution in [2.45, 2.75) is 13.0 Å². The Kier molecular flexibility index (Phi) is 4.88. The Balaban J connectivity index is 1.81. The first-order chi connectivity index (χ1) is 10.2. The molecular formula is C14H14N4O3. The molecule has 0 aliphatic rings. The summed E-state index contributed by atoms with van der Waals surface area (Å²) in [6, 6.07) is 9.13. The number of carbonyl (C=O) groups is 1. The van der Waals surface area contributed by atoms with Crippen molar-refractivity contribution < 1.29 is 14.3 Å². The fraction of sp³-hybridized carbons (Fsp3) is 0.286. The van der Waals surface area contributed by atoms with Crippen LogP contribution >= 0.6 is 0 Å². The Morgan fingerprint density at radius 3 is 3.00 bits per heavy atom. The largest absolute Gasteiger partial charge is 0.492 e. The Morgan fingerprint density at radius 2 is 2.24 bits per heavy atom. The first-order valence-corrected chi connectivity index (χ1v) is 6.34. The van der Waals surface area contributed by atoms with Crippen molar-refractivity contribution in [1.29, 1.82) is 5.26 Å². The van der Waals surface area contributed by atoms with E-state index in [4.69, 9.17) is 10.00 Å². The van der Waals surface area contributed by atoms with E-state index >= 15 is 0 Å². The van der Waals surface area contributed by atoms with Crippen LogP contribution in [0.2, 0.25) is 0 Å². The molecule has 0 N–H and O–H groups in total. The molecular weight excluding hydrogens is 272 g/mol. The van der Waals surface area contributed by atoms with Crippen molar-refractivity contribution in [2.24, 2.45) is 0 Å². The summed E-state index contributed by atoms with van der Waals surface area (Å²) in [7, 11) is 1.28. The van der Waals surface area contributed by atoms with Gasteiger partial charge in [0, 0.05) is 13.0 Å². The lowest BCUT2D eigenvalue weighted by Gasteiger charge is -2.07. The van der Waals surface area contributed by atoms with E-state index in [0.29, 0.717) is 30.9 Å². The van der Waals surface area contributed by atoms with E-state index in [-0.39, 0.29) is 5.82 Å². The fourth-order valence-corrected chi connectivity index (χ4v) is 1.68. The summed E-state index contributed by atoms with van der Waals surface area (Å²) in [5, 5.41) is 12.9. The lowest BCUT2D eigenvalue weighted by Crippen LogP contribution is -2.08. The van der Waals surface area contributed by atoms with Crippen LogP contribution in [0.15, 0.2) is 30.6 Å². The molecule has 1 aromatic heterocycles. The topological polar surface area (TPSA) is 90.0 Å². The maximum atomic E-state index is 11.2. The van der Waals surface area contributed by atoms with E-state index in [1.165, 1.54) is 13.4 Å². The highest BCUT2D eigenvalue weighted by Gasteiger charge is 2.10. The van der Waals surface area contributed by atoms with Gasteiger partial charge in [-0.2, -0.15) is 5.26 Å². The molecule has 0 fully saturated rings. The van der Waals surface area contributed by atoms with E-state index in [1.807, 2.05) is 6.07 Å². The van der Waals surface area contributed by atoms with E-state index in [1.54, 1.807) is 22.9 Å². The van der Waals surface area contributed by atoms with Crippen molar-refractivity contribution >= 4 is 5.97 Å². The molecule has 0 saturated heterocycles. The Hall–Kier alpha value is -2.88. The highest BCUT2D eigenvalue weighted by atomic mass is 16.5. The number of benzene rings is 1. The number of ether oxygens (including phenoxy) is 2. The van der Waals surface area contributed by atoms with Gasteiger partial charge in [-0.1, -0.05) is 12.1 Å². The summed E-state index contributed by atoms with van der Waals surface area (Å²) in [6.07, 6.45) is 2.14. The maximum Gasteiger partial charge on any atom is 0.377 e. The van der Waals surface area contributed by atoms with Gasteiger partial charge in [0.05, 0.1) is 19.3 Å². The summed E-state index contributed by atoms with van der Waals surface area (Å²) in [5.74, 6) is 0.0371. The SMILES string of the molecule is COC(=O)c1ncn(CCCOc2ccccc2C#N)n1. The van der Waals surface area contributed by atoms with Crippen LogP contribution in [0.5, 0.6) is 5.75 Å². The third kappa shape index (κ3) is 3.79. The number of aryl methyl sites for hydroxylation is 1. The van der Waals surface area contributed by atoms with Crippen LogP contribution in [0.3, 0.4) is 0 Å². The predicted octanol–water partition coefficient (Wildman–Crippen LogP) is 1.41. The molecule has 7 heteroatoms. The van der Waals surface area contributed by atoms with Crippen molar-refractivity contribution in [1.82, 2.24) is 14.8 Å². The van der Waals surface area contributed by atoms with Gasteiger partial charge in [0.2, 0.25) is 0 Å². The van der Waals surface area contributed by atoms with Gasteiger partial charge >= 0.3 is 5.97 Å². The lowest BCUT2D eigenvalue weighted by molar-refractivity contribution is 0.0586. The van der Waals surface area contributed by atoms with Gasteiger partial charge in [0.25, 0.3) is 5.82 Å². The number of esters is 1. The van der Waals surface area contributed by atoms with E-state index in [0.717, 1.165) is 0 Å². The van der Waals surface area contributed by atoms with Crippen LogP contribution in [0.1, 0.15) is 22.6 Å². The minimum Gasteiger partial charge on any atom is -0.492 e. The number of hydrogen-bond acceptors (Lipinski definition) is 6. The second kappa shape index (κ2) is 7.05. The molecule has 1 aromatic carbocycles. The smallest absolute Gasteiger partial charge is 0.377 e. The molecule has 0 aliphatic carbocycles. The zero-order valence-electron chi connectivity index (χ0n) is 11.5. The van der Waals surface area contributed by atoms with Crippen LogP contribution in [0, 0.1) is 11.3 Å². The minimum absolute atomic E-state index is 0.0354. The Morgan fingerprint density at radius 1 is 1.43 bits per heavy atom. The average molecular weight is 286 g/mol. The van der Waals surface area contributed by atoms with Gasteiger partial charge < -0.3 is 9.47 Å². The number of nitrogens with zero attached hydrogens (tertiary/aromatic N) is 4. The van der Waals surface area contributed by atoms with Crippen LogP contribution in [-0.2, 0) is 11.3 Å². The molecule has 7 nitrogen and oxygen atoms in total. The molecule has 0 spiro atoms. The highest BCUT2D eigenvalue weighted by molar-refractivity contribution is 5.84. The van der Waals surface area contributed by atoms with Crippen LogP contribution in [0.4, 0.5) is 0 Å². The number of rotatable bonds is 6. The predicted molar refractivity (Wildman–Crippen MR) is 72.6 cm³/mol. The lowest BCUT2D eigenvalue weighted by atomic mass is 10.2. The Bertz CT molecular complexity index is 660. The molecule has 2 rings (SSSR count). The number of nitriles is 1. The normalized spacial score (nSPS) is 9.90. The molecule has 0 aliphatic heterocycles. The quantitative estimate of drug-likeness (QED) is 0.589. The summed E-state index contributed by atoms with van der Waals surface area (Å²) >= 11 is 0. The average Bonchev–Trinajstić information content (AvgIpc) is 3.00. The fourth-order valence-electron chi connectivity index (χ4n) is 1.68. The molecule has 0 bridgehead atoms. The minimum atomic E-state index is -0.562. The van der Waals surface area contributed by atoms with Crippen LogP contribution < -0.4 is 4.74 Å².